The van der Waals surface area contributed by atoms with Crippen molar-refractivity contribution in [2.24, 2.45) is 11.8 Å². The zero-order valence-corrected chi connectivity index (χ0v) is 12.7. The van der Waals surface area contributed by atoms with Crippen LogP contribution in [0.2, 0.25) is 0 Å². The average molecular weight is 253 g/mol. The molecule has 2 aliphatic rings. The number of nitrogens with zero attached hydrogens (tertiary/aromatic N) is 3. The third-order valence-corrected chi connectivity index (χ3v) is 4.57. The van der Waals surface area contributed by atoms with E-state index in [0.29, 0.717) is 0 Å². The Labute approximate surface area is 113 Å². The average Bonchev–Trinajstić information content (AvgIpc) is 2.30. The van der Waals surface area contributed by atoms with Gasteiger partial charge in [-0.25, -0.2) is 0 Å². The lowest BCUT2D eigenvalue weighted by molar-refractivity contribution is 0.0317. The van der Waals surface area contributed by atoms with E-state index in [9.17, 15) is 0 Å². The maximum Gasteiger partial charge on any atom is 0.0146 e. The first-order valence-corrected chi connectivity index (χ1v) is 7.71. The molecule has 3 nitrogen and oxygen atoms in total. The summed E-state index contributed by atoms with van der Waals surface area (Å²) in [5.74, 6) is 1.64. The van der Waals surface area contributed by atoms with E-state index in [1.165, 1.54) is 52.2 Å². The minimum Gasteiger partial charge on any atom is -0.304 e. The molecule has 3 heteroatoms. The van der Waals surface area contributed by atoms with Gasteiger partial charge in [-0.05, 0) is 31.8 Å². The smallest absolute Gasteiger partial charge is 0.0146 e. The Morgan fingerprint density at radius 1 is 1.06 bits per heavy atom. The van der Waals surface area contributed by atoms with Gasteiger partial charge >= 0.3 is 0 Å². The molecule has 2 aliphatic heterocycles. The van der Waals surface area contributed by atoms with Crippen LogP contribution in [0.3, 0.4) is 0 Å². The van der Waals surface area contributed by atoms with Crippen molar-refractivity contribution in [2.45, 2.75) is 33.2 Å². The van der Waals surface area contributed by atoms with Crippen molar-refractivity contribution in [1.82, 2.24) is 14.7 Å². The predicted molar refractivity (Wildman–Crippen MR) is 77.9 cm³/mol. The van der Waals surface area contributed by atoms with Crippen molar-refractivity contribution < 1.29 is 0 Å². The molecule has 2 saturated heterocycles. The molecule has 2 atom stereocenters. The lowest BCUT2D eigenvalue weighted by Crippen LogP contribution is -2.55. The van der Waals surface area contributed by atoms with Crippen LogP contribution in [0.4, 0.5) is 0 Å². The Bertz CT molecular complexity index is 246. The first kappa shape index (κ1) is 14.3. The minimum absolute atomic E-state index is 0.803. The molecule has 0 aliphatic carbocycles. The van der Waals surface area contributed by atoms with Crippen LogP contribution in [0.15, 0.2) is 0 Å². The van der Waals surface area contributed by atoms with Crippen LogP contribution in [-0.4, -0.2) is 73.6 Å². The van der Waals surface area contributed by atoms with Crippen LogP contribution in [0.1, 0.15) is 27.2 Å². The summed E-state index contributed by atoms with van der Waals surface area (Å²) in [4.78, 5) is 7.87. The van der Waals surface area contributed by atoms with Crippen LogP contribution >= 0.6 is 0 Å². The van der Waals surface area contributed by atoms with Gasteiger partial charge in [-0.3, -0.25) is 4.90 Å². The molecule has 0 saturated carbocycles. The Balaban J connectivity index is 1.82. The van der Waals surface area contributed by atoms with E-state index >= 15 is 0 Å². The van der Waals surface area contributed by atoms with Gasteiger partial charge < -0.3 is 9.80 Å². The number of rotatable bonds is 3. The van der Waals surface area contributed by atoms with E-state index in [0.717, 1.165) is 17.9 Å². The largest absolute Gasteiger partial charge is 0.304 e. The molecule has 0 bridgehead atoms. The molecule has 0 radical (unpaired) electrons. The van der Waals surface area contributed by atoms with Gasteiger partial charge in [-0.15, -0.1) is 0 Å². The molecule has 0 aromatic rings. The van der Waals surface area contributed by atoms with Crippen LogP contribution in [0.25, 0.3) is 0 Å². The molecular weight excluding hydrogens is 222 g/mol. The summed E-state index contributed by atoms with van der Waals surface area (Å²) in [7, 11) is 2.24. The van der Waals surface area contributed by atoms with Crippen LogP contribution < -0.4 is 0 Å². The fourth-order valence-corrected chi connectivity index (χ4v) is 3.60. The number of likely N-dealkylation sites (N-methyl/N-ethyl adjacent to an activating group) is 1. The molecule has 0 aromatic heterocycles. The van der Waals surface area contributed by atoms with E-state index in [-0.39, 0.29) is 0 Å². The standard InChI is InChI=1S/C15H31N3/c1-13(2)11-17-6-5-15(14(3)12-17)18-9-7-16(4)8-10-18/h13-15H,5-12H2,1-4H3/t14-,15?/m0/s1. The fourth-order valence-electron chi connectivity index (χ4n) is 3.60. The summed E-state index contributed by atoms with van der Waals surface area (Å²) in [6.45, 7) is 16.0. The number of piperazine rings is 1. The number of hydrogen-bond donors (Lipinski definition) is 0. The quantitative estimate of drug-likeness (QED) is 0.756. The molecule has 1 unspecified atom stereocenters. The van der Waals surface area contributed by atoms with Gasteiger partial charge in [0.25, 0.3) is 0 Å². The van der Waals surface area contributed by atoms with Crippen molar-refractivity contribution in [3.05, 3.63) is 0 Å². The van der Waals surface area contributed by atoms with Gasteiger partial charge in [0.05, 0.1) is 0 Å². The highest BCUT2D eigenvalue weighted by molar-refractivity contribution is 4.87. The van der Waals surface area contributed by atoms with Crippen molar-refractivity contribution >= 4 is 0 Å². The molecule has 2 heterocycles. The highest BCUT2D eigenvalue weighted by Gasteiger charge is 2.31. The van der Waals surface area contributed by atoms with Gasteiger partial charge in [-0.2, -0.15) is 0 Å². The first-order chi connectivity index (χ1) is 8.56. The van der Waals surface area contributed by atoms with E-state index in [2.05, 4.69) is 42.5 Å². The first-order valence-electron chi connectivity index (χ1n) is 7.71. The maximum atomic E-state index is 2.75. The zero-order valence-electron chi connectivity index (χ0n) is 12.7. The molecular formula is C15H31N3. The molecule has 18 heavy (non-hydrogen) atoms. The summed E-state index contributed by atoms with van der Waals surface area (Å²) >= 11 is 0. The van der Waals surface area contributed by atoms with Crippen LogP contribution in [0, 0.1) is 11.8 Å². The molecule has 2 rings (SSSR count). The predicted octanol–water partition coefficient (Wildman–Crippen LogP) is 1.60. The van der Waals surface area contributed by atoms with Crippen LogP contribution in [0.5, 0.6) is 0 Å². The summed E-state index contributed by atoms with van der Waals surface area (Å²) in [5.41, 5.74) is 0. The molecule has 0 N–H and O–H groups in total. The molecule has 106 valence electrons. The molecule has 0 aromatic carbocycles. The Morgan fingerprint density at radius 2 is 1.72 bits per heavy atom. The second kappa shape index (κ2) is 6.36. The van der Waals surface area contributed by atoms with E-state index in [1.54, 1.807) is 0 Å². The summed E-state index contributed by atoms with van der Waals surface area (Å²) in [6, 6.07) is 0.835. The summed E-state index contributed by atoms with van der Waals surface area (Å²) < 4.78 is 0. The van der Waals surface area contributed by atoms with Crippen molar-refractivity contribution in [1.29, 1.82) is 0 Å². The van der Waals surface area contributed by atoms with Gasteiger partial charge in [-0.1, -0.05) is 20.8 Å². The summed E-state index contributed by atoms with van der Waals surface area (Å²) in [5, 5.41) is 0. The van der Waals surface area contributed by atoms with Crippen molar-refractivity contribution in [3.8, 4) is 0 Å². The number of likely N-dealkylation sites (tertiary alicyclic amines) is 1. The van der Waals surface area contributed by atoms with Gasteiger partial charge in [0, 0.05) is 45.3 Å². The van der Waals surface area contributed by atoms with Gasteiger partial charge in [0.2, 0.25) is 0 Å². The third-order valence-electron chi connectivity index (χ3n) is 4.57. The SMILES string of the molecule is CC(C)CN1CCC(N2CCN(C)CC2)[C@@H](C)C1. The summed E-state index contributed by atoms with van der Waals surface area (Å²) in [6.07, 6.45) is 1.37. The normalized spacial score (nSPS) is 33.2. The molecule has 0 amide bonds. The van der Waals surface area contributed by atoms with Gasteiger partial charge in [0.1, 0.15) is 0 Å². The van der Waals surface area contributed by atoms with Crippen molar-refractivity contribution in [3.63, 3.8) is 0 Å². The van der Waals surface area contributed by atoms with Gasteiger partial charge in [0.15, 0.2) is 0 Å². The second-order valence-electron chi connectivity index (χ2n) is 6.83. The Kier molecular flexibility index (Phi) is 5.05. The third kappa shape index (κ3) is 3.69. The highest BCUT2D eigenvalue weighted by Crippen LogP contribution is 2.23. The number of piperidine rings is 1. The topological polar surface area (TPSA) is 9.72 Å². The monoisotopic (exact) mass is 253 g/mol. The maximum absolute atomic E-state index is 2.75. The van der Waals surface area contributed by atoms with E-state index in [4.69, 9.17) is 0 Å². The molecule has 2 fully saturated rings. The lowest BCUT2D eigenvalue weighted by Gasteiger charge is -2.45. The van der Waals surface area contributed by atoms with E-state index < -0.39 is 0 Å². The molecule has 0 spiro atoms. The zero-order chi connectivity index (χ0) is 13.1. The second-order valence-corrected chi connectivity index (χ2v) is 6.83. The van der Waals surface area contributed by atoms with Crippen LogP contribution in [-0.2, 0) is 0 Å². The highest BCUT2D eigenvalue weighted by atomic mass is 15.3. The fraction of sp³-hybridized carbons (Fsp3) is 1.00. The van der Waals surface area contributed by atoms with E-state index in [1.807, 2.05) is 0 Å². The number of hydrogen-bond acceptors (Lipinski definition) is 3. The Hall–Kier alpha value is -0.120. The minimum atomic E-state index is 0.803. The Morgan fingerprint density at radius 3 is 2.28 bits per heavy atom. The van der Waals surface area contributed by atoms with Crippen molar-refractivity contribution in [2.75, 3.05) is 52.9 Å². The lowest BCUT2D eigenvalue weighted by atomic mass is 9.91.